The van der Waals surface area contributed by atoms with Crippen molar-refractivity contribution < 1.29 is 9.59 Å². The minimum atomic E-state index is -0.148. The normalized spacial score (nSPS) is 19.0. The average Bonchev–Trinajstić information content (AvgIpc) is 2.88. The van der Waals surface area contributed by atoms with Gasteiger partial charge in [0.25, 0.3) is 11.8 Å². The zero-order valence-corrected chi connectivity index (χ0v) is 17.2. The predicted octanol–water partition coefficient (Wildman–Crippen LogP) is 2.68. The highest BCUT2D eigenvalue weighted by atomic mass is 16.2. The van der Waals surface area contributed by atoms with E-state index in [2.05, 4.69) is 23.6 Å². The monoisotopic (exact) mass is 369 g/mol. The summed E-state index contributed by atoms with van der Waals surface area (Å²) in [4.78, 5) is 32.4. The van der Waals surface area contributed by atoms with E-state index in [9.17, 15) is 9.59 Å². The fraction of sp³-hybridized carbons (Fsp3) is 0.545. The molecule has 2 amide bonds. The number of hydrogen-bond donors (Lipinski definition) is 0. The second-order valence-corrected chi connectivity index (χ2v) is 8.06. The highest BCUT2D eigenvalue weighted by Gasteiger charge is 2.42. The van der Waals surface area contributed by atoms with Crippen molar-refractivity contribution in [2.45, 2.75) is 34.6 Å². The summed E-state index contributed by atoms with van der Waals surface area (Å²) >= 11 is 0. The second kappa shape index (κ2) is 7.85. The number of likely N-dealkylation sites (N-methyl/N-ethyl adjacent to an activating group) is 1. The molecule has 0 N–H and O–H groups in total. The molecule has 0 spiro atoms. The summed E-state index contributed by atoms with van der Waals surface area (Å²) in [6, 6.07) is 6.05. The minimum absolute atomic E-state index is 0.133. The number of carbonyl (C=O) groups is 2. The molecule has 0 unspecified atom stereocenters. The summed E-state index contributed by atoms with van der Waals surface area (Å²) in [6.45, 7) is 15.2. The van der Waals surface area contributed by atoms with Gasteiger partial charge in [-0.3, -0.25) is 14.5 Å². The number of benzene rings is 1. The van der Waals surface area contributed by atoms with E-state index in [4.69, 9.17) is 0 Å². The van der Waals surface area contributed by atoms with Gasteiger partial charge in [0, 0.05) is 32.7 Å². The third-order valence-electron chi connectivity index (χ3n) is 5.62. The highest BCUT2D eigenvalue weighted by Crippen LogP contribution is 2.33. The molecule has 0 aromatic heterocycles. The topological polar surface area (TPSA) is 43.9 Å². The fourth-order valence-electron chi connectivity index (χ4n) is 3.83. The van der Waals surface area contributed by atoms with Gasteiger partial charge in [-0.05, 0) is 43.0 Å². The summed E-state index contributed by atoms with van der Waals surface area (Å²) in [5, 5.41) is 0. The molecule has 1 saturated heterocycles. The second-order valence-electron chi connectivity index (χ2n) is 8.06. The van der Waals surface area contributed by atoms with E-state index in [0.29, 0.717) is 17.8 Å². The van der Waals surface area contributed by atoms with Crippen LogP contribution in [0.2, 0.25) is 0 Å². The Kier molecular flexibility index (Phi) is 5.70. The Morgan fingerprint density at radius 1 is 0.963 bits per heavy atom. The minimum Gasteiger partial charge on any atom is -0.364 e. The molecule has 2 aliphatic rings. The Morgan fingerprint density at radius 3 is 2.19 bits per heavy atom. The van der Waals surface area contributed by atoms with Crippen molar-refractivity contribution in [3.63, 3.8) is 0 Å². The van der Waals surface area contributed by atoms with Crippen LogP contribution >= 0.6 is 0 Å². The lowest BCUT2D eigenvalue weighted by Crippen LogP contribution is -2.47. The van der Waals surface area contributed by atoms with Gasteiger partial charge in [-0.15, -0.1) is 0 Å². The van der Waals surface area contributed by atoms with Crippen LogP contribution in [0.4, 0.5) is 0 Å². The van der Waals surface area contributed by atoms with Crippen LogP contribution in [-0.4, -0.2) is 65.8 Å². The Hall–Kier alpha value is -2.14. The van der Waals surface area contributed by atoms with Crippen LogP contribution in [0.1, 0.15) is 37.5 Å². The largest absolute Gasteiger partial charge is 0.364 e. The van der Waals surface area contributed by atoms with Gasteiger partial charge >= 0.3 is 0 Å². The van der Waals surface area contributed by atoms with Crippen LogP contribution in [0, 0.1) is 19.8 Å². The Balaban J connectivity index is 2.03. The predicted molar refractivity (Wildman–Crippen MR) is 108 cm³/mol. The van der Waals surface area contributed by atoms with Gasteiger partial charge in [0.05, 0.1) is 5.57 Å². The van der Waals surface area contributed by atoms with Crippen LogP contribution in [0.25, 0.3) is 5.57 Å². The van der Waals surface area contributed by atoms with Crippen LogP contribution in [0.3, 0.4) is 0 Å². The van der Waals surface area contributed by atoms with E-state index >= 15 is 0 Å². The van der Waals surface area contributed by atoms with E-state index in [1.165, 1.54) is 10.5 Å². The molecule has 0 bridgehead atoms. The molecule has 0 atom stereocenters. The lowest BCUT2D eigenvalue weighted by molar-refractivity contribution is -0.138. The van der Waals surface area contributed by atoms with Gasteiger partial charge in [0.1, 0.15) is 5.70 Å². The maximum Gasteiger partial charge on any atom is 0.277 e. The maximum absolute atomic E-state index is 13.2. The zero-order chi connectivity index (χ0) is 19.7. The SMILES string of the molecule is CCN1CCN(C2=C(c3ccc(C)c(C)c3)C(=O)N(CC(C)C)C2=O)CC1. The van der Waals surface area contributed by atoms with Gasteiger partial charge in [-0.2, -0.15) is 0 Å². The summed E-state index contributed by atoms with van der Waals surface area (Å²) in [5.74, 6) is -0.0352. The highest BCUT2D eigenvalue weighted by molar-refractivity contribution is 6.35. The number of piperazine rings is 1. The Morgan fingerprint density at radius 2 is 1.63 bits per heavy atom. The molecule has 0 saturated carbocycles. The molecule has 2 aliphatic heterocycles. The van der Waals surface area contributed by atoms with Crippen molar-refractivity contribution in [1.82, 2.24) is 14.7 Å². The summed E-state index contributed by atoms with van der Waals surface area (Å²) in [6.07, 6.45) is 0. The van der Waals surface area contributed by atoms with Crippen molar-refractivity contribution in [1.29, 1.82) is 0 Å². The van der Waals surface area contributed by atoms with Gasteiger partial charge < -0.3 is 9.80 Å². The lowest BCUT2D eigenvalue weighted by atomic mass is 9.99. The first-order chi connectivity index (χ1) is 12.8. The molecule has 27 heavy (non-hydrogen) atoms. The fourth-order valence-corrected chi connectivity index (χ4v) is 3.83. The van der Waals surface area contributed by atoms with Gasteiger partial charge in [-0.25, -0.2) is 0 Å². The number of imide groups is 1. The first-order valence-electron chi connectivity index (χ1n) is 9.98. The average molecular weight is 370 g/mol. The summed E-state index contributed by atoms with van der Waals surface area (Å²) in [5.41, 5.74) is 4.36. The van der Waals surface area contributed by atoms with Gasteiger partial charge in [-0.1, -0.05) is 39.0 Å². The molecular formula is C22H31N3O2. The van der Waals surface area contributed by atoms with Crippen LogP contribution in [-0.2, 0) is 9.59 Å². The molecule has 5 nitrogen and oxygen atoms in total. The zero-order valence-electron chi connectivity index (χ0n) is 17.2. The molecule has 3 rings (SSSR count). The number of rotatable bonds is 5. The van der Waals surface area contributed by atoms with Crippen molar-refractivity contribution in [2.75, 3.05) is 39.3 Å². The molecular weight excluding hydrogens is 338 g/mol. The number of hydrogen-bond acceptors (Lipinski definition) is 4. The number of nitrogens with zero attached hydrogens (tertiary/aromatic N) is 3. The van der Waals surface area contributed by atoms with E-state index < -0.39 is 0 Å². The van der Waals surface area contributed by atoms with Crippen molar-refractivity contribution in [2.24, 2.45) is 5.92 Å². The van der Waals surface area contributed by atoms with Gasteiger partial charge in [0.15, 0.2) is 0 Å². The maximum atomic E-state index is 13.2. The first-order valence-corrected chi connectivity index (χ1v) is 9.98. The molecule has 2 heterocycles. The summed E-state index contributed by atoms with van der Waals surface area (Å²) < 4.78 is 0. The summed E-state index contributed by atoms with van der Waals surface area (Å²) in [7, 11) is 0. The molecule has 146 valence electrons. The number of amides is 2. The van der Waals surface area contributed by atoms with E-state index in [1.54, 1.807) is 0 Å². The molecule has 0 aliphatic carbocycles. The standard InChI is InChI=1S/C22H31N3O2/c1-6-23-9-11-24(12-10-23)20-19(18-8-7-16(4)17(5)13-18)21(26)25(22(20)27)14-15(2)3/h7-8,13,15H,6,9-12,14H2,1-5H3. The van der Waals surface area contributed by atoms with Crippen molar-refractivity contribution in [3.05, 3.63) is 40.6 Å². The van der Waals surface area contributed by atoms with Crippen molar-refractivity contribution in [3.8, 4) is 0 Å². The lowest BCUT2D eigenvalue weighted by Gasteiger charge is -2.36. The van der Waals surface area contributed by atoms with Crippen LogP contribution in [0.5, 0.6) is 0 Å². The third-order valence-corrected chi connectivity index (χ3v) is 5.62. The van der Waals surface area contributed by atoms with Crippen LogP contribution in [0.15, 0.2) is 23.9 Å². The Bertz CT molecular complexity index is 774. The quantitative estimate of drug-likeness (QED) is 0.749. The van der Waals surface area contributed by atoms with Gasteiger partial charge in [0.2, 0.25) is 0 Å². The number of aryl methyl sites for hydroxylation is 2. The third kappa shape index (κ3) is 3.79. The van der Waals surface area contributed by atoms with Crippen molar-refractivity contribution >= 4 is 17.4 Å². The van der Waals surface area contributed by atoms with E-state index in [-0.39, 0.29) is 17.7 Å². The molecule has 5 heteroatoms. The first kappa shape index (κ1) is 19.6. The molecule has 1 fully saturated rings. The smallest absolute Gasteiger partial charge is 0.277 e. The molecule has 0 radical (unpaired) electrons. The molecule has 1 aromatic rings. The number of carbonyl (C=O) groups excluding carboxylic acids is 2. The van der Waals surface area contributed by atoms with E-state index in [1.807, 2.05) is 39.0 Å². The molecule has 1 aromatic carbocycles. The van der Waals surface area contributed by atoms with Crippen LogP contribution < -0.4 is 0 Å². The Labute approximate surface area is 162 Å². The van der Waals surface area contributed by atoms with E-state index in [0.717, 1.165) is 43.9 Å².